The van der Waals surface area contributed by atoms with E-state index < -0.39 is 17.7 Å². The molecule has 3 aromatic rings. The van der Waals surface area contributed by atoms with Crippen LogP contribution in [0, 0.1) is 6.92 Å². The Morgan fingerprint density at radius 1 is 1.25 bits per heavy atom. The number of methoxy groups -OCH3 is 1. The Balaban J connectivity index is 1.89. The van der Waals surface area contributed by atoms with Crippen LogP contribution in [0.25, 0.3) is 5.76 Å². The summed E-state index contributed by atoms with van der Waals surface area (Å²) in [7, 11) is 1.54. The van der Waals surface area contributed by atoms with E-state index in [-0.39, 0.29) is 17.2 Å². The van der Waals surface area contributed by atoms with Crippen LogP contribution >= 0.6 is 11.3 Å². The molecule has 0 radical (unpaired) electrons. The Labute approximate surface area is 164 Å². The number of Topliss-reactive ketones (excluding diaryl/α,β-unsaturated/α-hetero) is 1. The predicted octanol–water partition coefficient (Wildman–Crippen LogP) is 3.68. The number of ether oxygens (including phenoxy) is 1. The highest BCUT2D eigenvalue weighted by atomic mass is 32.1. The van der Waals surface area contributed by atoms with Gasteiger partial charge in [-0.25, -0.2) is 0 Å². The van der Waals surface area contributed by atoms with Crippen molar-refractivity contribution in [2.75, 3.05) is 12.0 Å². The highest BCUT2D eigenvalue weighted by Crippen LogP contribution is 2.43. The third-order valence-electron chi connectivity index (χ3n) is 4.48. The van der Waals surface area contributed by atoms with Crippen LogP contribution in [0.2, 0.25) is 0 Å². The molecule has 1 N–H and O–H groups in total. The van der Waals surface area contributed by atoms with E-state index in [4.69, 9.17) is 9.26 Å². The third-order valence-corrected chi connectivity index (χ3v) is 5.41. The Morgan fingerprint density at radius 2 is 2.00 bits per heavy atom. The lowest BCUT2D eigenvalue weighted by atomic mass is 10.00. The summed E-state index contributed by atoms with van der Waals surface area (Å²) in [5.74, 6) is -0.426. The summed E-state index contributed by atoms with van der Waals surface area (Å²) in [5.41, 5.74) is 0.426. The second-order valence-corrected chi connectivity index (χ2v) is 7.19. The van der Waals surface area contributed by atoms with Gasteiger partial charge in [-0.3, -0.25) is 14.5 Å². The highest BCUT2D eigenvalue weighted by molar-refractivity contribution is 7.10. The Hall–Kier alpha value is -3.39. The van der Waals surface area contributed by atoms with Gasteiger partial charge in [0.15, 0.2) is 5.82 Å². The number of hydrogen-bond donors (Lipinski definition) is 1. The first-order valence-corrected chi connectivity index (χ1v) is 9.31. The number of nitrogens with zero attached hydrogens (tertiary/aromatic N) is 2. The van der Waals surface area contributed by atoms with Crippen LogP contribution in [0.5, 0.6) is 5.75 Å². The molecule has 0 aliphatic carbocycles. The molecule has 1 saturated heterocycles. The van der Waals surface area contributed by atoms with E-state index in [9.17, 15) is 14.7 Å². The number of carbonyl (C=O) groups excluding carboxylic acids is 2. The van der Waals surface area contributed by atoms with Gasteiger partial charge >= 0.3 is 5.91 Å². The second-order valence-electron chi connectivity index (χ2n) is 6.21. The number of benzene rings is 1. The molecule has 1 aliphatic rings. The number of thiophene rings is 1. The fraction of sp³-hybridized carbons (Fsp3) is 0.150. The first-order chi connectivity index (χ1) is 13.5. The molecule has 7 nitrogen and oxygen atoms in total. The summed E-state index contributed by atoms with van der Waals surface area (Å²) < 4.78 is 10.2. The predicted molar refractivity (Wildman–Crippen MR) is 103 cm³/mol. The summed E-state index contributed by atoms with van der Waals surface area (Å²) in [6, 6.07) is 11.0. The lowest BCUT2D eigenvalue weighted by Crippen LogP contribution is -2.29. The number of carbonyl (C=O) groups is 2. The molecule has 3 heterocycles. The largest absolute Gasteiger partial charge is 0.507 e. The molecule has 0 spiro atoms. The van der Waals surface area contributed by atoms with Crippen molar-refractivity contribution in [1.29, 1.82) is 0 Å². The summed E-state index contributed by atoms with van der Waals surface area (Å²) in [6.45, 7) is 1.70. The van der Waals surface area contributed by atoms with Crippen LogP contribution in [0.15, 0.2) is 57.9 Å². The Bertz CT molecular complexity index is 1070. The van der Waals surface area contributed by atoms with Gasteiger partial charge in [-0.05, 0) is 42.6 Å². The molecular formula is C20H16N2O5S. The van der Waals surface area contributed by atoms with Crippen molar-refractivity contribution in [3.05, 3.63) is 69.6 Å². The maximum Gasteiger partial charge on any atom is 0.301 e. The Morgan fingerprint density at radius 3 is 2.57 bits per heavy atom. The standard InChI is InChI=1S/C20H16N2O5S/c1-11-10-15(21-27-11)22-17(14-4-3-9-28-14)16(19(24)20(22)25)18(23)12-5-7-13(26-2)8-6-12/h3-10,17,23H,1-2H3/b18-16+/t17-/m1/s1. The zero-order chi connectivity index (χ0) is 19.8. The number of anilines is 1. The number of aromatic nitrogens is 1. The fourth-order valence-corrected chi connectivity index (χ4v) is 3.98. The lowest BCUT2D eigenvalue weighted by molar-refractivity contribution is -0.132. The van der Waals surface area contributed by atoms with Gasteiger partial charge in [-0.1, -0.05) is 11.2 Å². The maximum absolute atomic E-state index is 12.9. The van der Waals surface area contributed by atoms with Crippen molar-refractivity contribution in [3.63, 3.8) is 0 Å². The van der Waals surface area contributed by atoms with Gasteiger partial charge in [0.05, 0.1) is 12.7 Å². The summed E-state index contributed by atoms with van der Waals surface area (Å²) >= 11 is 1.38. The van der Waals surface area contributed by atoms with E-state index in [1.54, 1.807) is 37.3 Å². The first-order valence-electron chi connectivity index (χ1n) is 8.43. The number of rotatable bonds is 4. The number of aliphatic hydroxyl groups excluding tert-OH is 1. The molecule has 2 aromatic heterocycles. The maximum atomic E-state index is 12.9. The van der Waals surface area contributed by atoms with Gasteiger partial charge in [0.1, 0.15) is 23.3 Å². The van der Waals surface area contributed by atoms with Gasteiger partial charge in [0.2, 0.25) is 0 Å². The normalized spacial score (nSPS) is 18.6. The van der Waals surface area contributed by atoms with E-state index in [0.717, 1.165) is 4.88 Å². The molecule has 1 fully saturated rings. The molecule has 8 heteroatoms. The highest BCUT2D eigenvalue weighted by Gasteiger charge is 2.48. The van der Waals surface area contributed by atoms with Crippen molar-refractivity contribution < 1.29 is 24.0 Å². The van der Waals surface area contributed by atoms with E-state index in [0.29, 0.717) is 17.1 Å². The van der Waals surface area contributed by atoms with Crippen molar-refractivity contribution >= 4 is 34.6 Å². The summed E-state index contributed by atoms with van der Waals surface area (Å²) in [4.78, 5) is 27.6. The topological polar surface area (TPSA) is 92.9 Å². The summed E-state index contributed by atoms with van der Waals surface area (Å²) in [5, 5.41) is 16.6. The molecule has 1 atom stereocenters. The number of ketones is 1. The van der Waals surface area contributed by atoms with Gasteiger partial charge in [-0.15, -0.1) is 11.3 Å². The van der Waals surface area contributed by atoms with E-state index in [1.165, 1.54) is 23.3 Å². The van der Waals surface area contributed by atoms with Crippen LogP contribution in [0.3, 0.4) is 0 Å². The van der Waals surface area contributed by atoms with Crippen LogP contribution in [0.4, 0.5) is 5.82 Å². The molecule has 0 saturated carbocycles. The second kappa shape index (κ2) is 6.97. The smallest absolute Gasteiger partial charge is 0.301 e. The van der Waals surface area contributed by atoms with E-state index in [2.05, 4.69) is 5.16 Å². The van der Waals surface area contributed by atoms with Gasteiger partial charge in [-0.2, -0.15) is 0 Å². The number of hydrogen-bond acceptors (Lipinski definition) is 7. The lowest BCUT2D eigenvalue weighted by Gasteiger charge is -2.21. The van der Waals surface area contributed by atoms with Crippen LogP contribution in [0.1, 0.15) is 22.2 Å². The first kappa shape index (κ1) is 18.0. The van der Waals surface area contributed by atoms with Crippen LogP contribution in [-0.2, 0) is 9.59 Å². The van der Waals surface area contributed by atoms with E-state index >= 15 is 0 Å². The zero-order valence-electron chi connectivity index (χ0n) is 15.1. The molecule has 1 aliphatic heterocycles. The molecule has 4 rings (SSSR count). The molecule has 1 aromatic carbocycles. The Kier molecular flexibility index (Phi) is 4.48. The number of aryl methyl sites for hydroxylation is 1. The van der Waals surface area contributed by atoms with Crippen molar-refractivity contribution in [2.45, 2.75) is 13.0 Å². The van der Waals surface area contributed by atoms with Crippen molar-refractivity contribution in [3.8, 4) is 5.75 Å². The minimum atomic E-state index is -0.786. The molecule has 0 unspecified atom stereocenters. The number of aliphatic hydroxyl groups is 1. The minimum absolute atomic E-state index is 0.0123. The average molecular weight is 396 g/mol. The van der Waals surface area contributed by atoms with E-state index in [1.807, 2.05) is 17.5 Å². The molecule has 28 heavy (non-hydrogen) atoms. The fourth-order valence-electron chi connectivity index (χ4n) is 3.16. The molecule has 142 valence electrons. The van der Waals surface area contributed by atoms with Gasteiger partial charge < -0.3 is 14.4 Å². The molecular weight excluding hydrogens is 380 g/mol. The summed E-state index contributed by atoms with van der Waals surface area (Å²) in [6.07, 6.45) is 0. The monoisotopic (exact) mass is 396 g/mol. The van der Waals surface area contributed by atoms with Crippen LogP contribution < -0.4 is 9.64 Å². The van der Waals surface area contributed by atoms with Gasteiger partial charge in [0.25, 0.3) is 5.78 Å². The van der Waals surface area contributed by atoms with Gasteiger partial charge in [0, 0.05) is 16.5 Å². The quantitative estimate of drug-likeness (QED) is 0.411. The van der Waals surface area contributed by atoms with Crippen molar-refractivity contribution in [2.24, 2.45) is 0 Å². The molecule has 0 bridgehead atoms. The molecule has 1 amide bonds. The zero-order valence-corrected chi connectivity index (χ0v) is 15.9. The minimum Gasteiger partial charge on any atom is -0.507 e. The van der Waals surface area contributed by atoms with Crippen molar-refractivity contribution in [1.82, 2.24) is 5.16 Å². The number of amides is 1. The van der Waals surface area contributed by atoms with Crippen LogP contribution in [-0.4, -0.2) is 29.1 Å². The SMILES string of the molecule is COc1ccc(/C(O)=C2\C(=O)C(=O)N(c3cc(C)on3)[C@@H]2c2cccs2)cc1. The average Bonchev–Trinajstić information content (AvgIpc) is 3.43. The third kappa shape index (κ3) is 2.87.